The Morgan fingerprint density at radius 1 is 0.862 bits per heavy atom. The summed E-state index contributed by atoms with van der Waals surface area (Å²) < 4.78 is 1.04. The van der Waals surface area contributed by atoms with Gasteiger partial charge in [-0.15, -0.1) is 0 Å². The third kappa shape index (κ3) is 3.28. The second-order valence-corrected chi connectivity index (χ2v) is 8.03. The maximum atomic E-state index is 13.1. The molecule has 142 valence electrons. The van der Waals surface area contributed by atoms with Gasteiger partial charge in [0.05, 0.1) is 17.3 Å². The summed E-state index contributed by atoms with van der Waals surface area (Å²) in [7, 11) is 0. The lowest BCUT2D eigenvalue weighted by Gasteiger charge is -2.13. The molecule has 0 bridgehead atoms. The third-order valence-electron chi connectivity index (χ3n) is 5.30. The van der Waals surface area contributed by atoms with Gasteiger partial charge in [0.25, 0.3) is 5.56 Å². The molecule has 0 saturated carbocycles. The molecule has 1 atom stereocenters. The highest BCUT2D eigenvalue weighted by molar-refractivity contribution is 9.10. The van der Waals surface area contributed by atoms with Crippen molar-refractivity contribution in [2.75, 3.05) is 0 Å². The molecule has 4 nitrogen and oxygen atoms in total. The second kappa shape index (κ2) is 7.33. The van der Waals surface area contributed by atoms with Crippen LogP contribution >= 0.6 is 15.9 Å². The molecule has 0 radical (unpaired) electrons. The molecule has 1 aliphatic heterocycles. The average Bonchev–Trinajstić information content (AvgIpc) is 3.23. The van der Waals surface area contributed by atoms with Gasteiger partial charge in [-0.2, -0.15) is 5.10 Å². The number of hydrogen-bond donors (Lipinski definition) is 2. The number of para-hydroxylation sites is 1. The molecule has 3 aromatic carbocycles. The number of hydrazone groups is 1. The minimum Gasteiger partial charge on any atom is -0.321 e. The Hall–Kier alpha value is -3.18. The molecule has 0 aliphatic carbocycles. The fraction of sp³-hybridized carbons (Fsp3) is 0.0833. The van der Waals surface area contributed by atoms with E-state index in [1.165, 1.54) is 0 Å². The van der Waals surface area contributed by atoms with Crippen LogP contribution in [-0.4, -0.2) is 10.7 Å². The van der Waals surface area contributed by atoms with Gasteiger partial charge in [-0.05, 0) is 29.3 Å². The van der Waals surface area contributed by atoms with Gasteiger partial charge >= 0.3 is 0 Å². The summed E-state index contributed by atoms with van der Waals surface area (Å²) in [6.07, 6.45) is 0.656. The number of H-pyrrole nitrogens is 1. The van der Waals surface area contributed by atoms with Crippen molar-refractivity contribution in [1.29, 1.82) is 0 Å². The summed E-state index contributed by atoms with van der Waals surface area (Å²) in [6.45, 7) is 0. The fourth-order valence-electron chi connectivity index (χ4n) is 3.91. The summed E-state index contributed by atoms with van der Waals surface area (Å²) in [5, 5.41) is 5.59. The molecule has 0 spiro atoms. The Morgan fingerprint density at radius 2 is 1.59 bits per heavy atom. The monoisotopic (exact) mass is 443 g/mol. The van der Waals surface area contributed by atoms with Crippen molar-refractivity contribution >= 4 is 32.5 Å². The zero-order valence-electron chi connectivity index (χ0n) is 15.5. The van der Waals surface area contributed by atoms with E-state index in [2.05, 4.69) is 43.6 Å². The van der Waals surface area contributed by atoms with E-state index in [9.17, 15) is 4.79 Å². The molecule has 1 unspecified atom stereocenters. The van der Waals surface area contributed by atoms with Crippen LogP contribution in [0.4, 0.5) is 0 Å². The summed E-state index contributed by atoms with van der Waals surface area (Å²) in [5.74, 6) is 0. The van der Waals surface area contributed by atoms with Gasteiger partial charge in [0, 0.05) is 27.4 Å². The lowest BCUT2D eigenvalue weighted by Crippen LogP contribution is -2.20. The molecule has 2 N–H and O–H groups in total. The number of halogens is 1. The van der Waals surface area contributed by atoms with Gasteiger partial charge in [0.1, 0.15) is 0 Å². The van der Waals surface area contributed by atoms with Crippen molar-refractivity contribution in [3.05, 3.63) is 105 Å². The van der Waals surface area contributed by atoms with E-state index in [0.717, 1.165) is 37.8 Å². The van der Waals surface area contributed by atoms with E-state index in [4.69, 9.17) is 0 Å². The molecule has 4 aromatic rings. The van der Waals surface area contributed by atoms with Crippen molar-refractivity contribution in [1.82, 2.24) is 10.4 Å². The predicted octanol–water partition coefficient (Wildman–Crippen LogP) is 5.40. The Balaban J connectivity index is 1.65. The number of benzene rings is 3. The summed E-state index contributed by atoms with van der Waals surface area (Å²) in [5.41, 5.74) is 8.44. The second-order valence-electron chi connectivity index (χ2n) is 7.11. The largest absolute Gasteiger partial charge is 0.321 e. The van der Waals surface area contributed by atoms with Crippen molar-refractivity contribution in [3.8, 4) is 11.1 Å². The van der Waals surface area contributed by atoms with Gasteiger partial charge in [-0.1, -0.05) is 76.6 Å². The number of fused-ring (bicyclic) bond motifs is 1. The third-order valence-corrected chi connectivity index (χ3v) is 5.83. The van der Waals surface area contributed by atoms with Crippen LogP contribution in [0, 0.1) is 0 Å². The molecule has 1 aromatic heterocycles. The van der Waals surface area contributed by atoms with Crippen molar-refractivity contribution in [3.63, 3.8) is 0 Å². The van der Waals surface area contributed by atoms with Gasteiger partial charge in [0.15, 0.2) is 0 Å². The maximum Gasteiger partial charge on any atom is 0.258 e. The molecule has 29 heavy (non-hydrogen) atoms. The van der Waals surface area contributed by atoms with Crippen molar-refractivity contribution < 1.29 is 0 Å². The van der Waals surface area contributed by atoms with Gasteiger partial charge in [0.2, 0.25) is 0 Å². The molecule has 2 heterocycles. The molecule has 5 heteroatoms. The van der Waals surface area contributed by atoms with E-state index >= 15 is 0 Å². The minimum absolute atomic E-state index is 0.0487. The summed E-state index contributed by atoms with van der Waals surface area (Å²) in [4.78, 5) is 16.2. The number of pyridine rings is 1. The van der Waals surface area contributed by atoms with E-state index in [1.807, 2.05) is 66.7 Å². The van der Waals surface area contributed by atoms with Crippen LogP contribution < -0.4 is 11.0 Å². The fourth-order valence-corrected chi connectivity index (χ4v) is 4.17. The lowest BCUT2D eigenvalue weighted by molar-refractivity contribution is 0.620. The number of aromatic amines is 1. The molecule has 0 amide bonds. The average molecular weight is 444 g/mol. The quantitative estimate of drug-likeness (QED) is 0.445. The normalized spacial score (nSPS) is 15.9. The Kier molecular flexibility index (Phi) is 4.52. The Labute approximate surface area is 176 Å². The van der Waals surface area contributed by atoms with E-state index in [1.54, 1.807) is 0 Å². The molecule has 0 fully saturated rings. The van der Waals surface area contributed by atoms with Crippen molar-refractivity contribution in [2.24, 2.45) is 5.10 Å². The van der Waals surface area contributed by atoms with E-state index < -0.39 is 0 Å². The summed E-state index contributed by atoms with van der Waals surface area (Å²) >= 11 is 3.48. The maximum absolute atomic E-state index is 13.1. The first kappa shape index (κ1) is 17.9. The molecule has 0 saturated heterocycles. The van der Waals surface area contributed by atoms with Gasteiger partial charge in [-0.3, -0.25) is 4.79 Å². The number of aromatic nitrogens is 1. The number of nitrogens with one attached hydrogen (secondary N) is 2. The molecular weight excluding hydrogens is 426 g/mol. The zero-order valence-corrected chi connectivity index (χ0v) is 17.1. The van der Waals surface area contributed by atoms with Crippen LogP contribution in [0.1, 0.15) is 23.6 Å². The van der Waals surface area contributed by atoms with E-state index in [0.29, 0.717) is 12.0 Å². The highest BCUT2D eigenvalue weighted by atomic mass is 79.9. The van der Waals surface area contributed by atoms with Crippen molar-refractivity contribution in [2.45, 2.75) is 12.5 Å². The van der Waals surface area contributed by atoms with Crippen LogP contribution in [0.25, 0.3) is 22.0 Å². The molecule has 1 aliphatic rings. The van der Waals surface area contributed by atoms with Crippen LogP contribution in [0.2, 0.25) is 0 Å². The first-order chi connectivity index (χ1) is 14.2. The van der Waals surface area contributed by atoms with Crippen LogP contribution in [0.5, 0.6) is 0 Å². The Morgan fingerprint density at radius 3 is 2.38 bits per heavy atom. The zero-order chi connectivity index (χ0) is 19.8. The molecular formula is C24H18BrN3O. The van der Waals surface area contributed by atoms with Crippen LogP contribution in [0.15, 0.2) is 93.2 Å². The van der Waals surface area contributed by atoms with E-state index in [-0.39, 0.29) is 11.6 Å². The smallest absolute Gasteiger partial charge is 0.258 e. The molecule has 5 rings (SSSR count). The van der Waals surface area contributed by atoms with Crippen LogP contribution in [-0.2, 0) is 0 Å². The van der Waals surface area contributed by atoms with Crippen LogP contribution in [0.3, 0.4) is 0 Å². The predicted molar refractivity (Wildman–Crippen MR) is 121 cm³/mol. The number of nitrogens with zero attached hydrogens (tertiary/aromatic N) is 1. The lowest BCUT2D eigenvalue weighted by atomic mass is 9.91. The van der Waals surface area contributed by atoms with Gasteiger partial charge < -0.3 is 10.4 Å². The first-order valence-electron chi connectivity index (χ1n) is 9.49. The highest BCUT2D eigenvalue weighted by Gasteiger charge is 2.26. The topological polar surface area (TPSA) is 57.2 Å². The SMILES string of the molecule is O=c1[nH]c2ccccc2c(-c2ccccc2)c1C1=NNC(c2ccc(Br)cc2)C1. The Bertz CT molecular complexity index is 1280. The standard InChI is InChI=1S/C24H18BrN3O/c25-17-12-10-15(11-13-17)20-14-21(28-27-20)23-22(16-6-2-1-3-7-16)18-8-4-5-9-19(18)26-24(23)29/h1-13,20,27H,14H2,(H,26,29). The minimum atomic E-state index is -0.112. The van der Waals surface area contributed by atoms with Gasteiger partial charge in [-0.25, -0.2) is 0 Å². The highest BCUT2D eigenvalue weighted by Crippen LogP contribution is 2.33. The number of hydrogen-bond acceptors (Lipinski definition) is 3. The summed E-state index contributed by atoms with van der Waals surface area (Å²) in [6, 6.07) is 26.2. The first-order valence-corrected chi connectivity index (χ1v) is 10.3. The number of rotatable bonds is 3.